The van der Waals surface area contributed by atoms with E-state index in [0.29, 0.717) is 17.7 Å². The number of nitrogens with zero attached hydrogens (tertiary/aromatic N) is 2. The van der Waals surface area contributed by atoms with Crippen LogP contribution in [0.5, 0.6) is 0 Å². The number of amides is 1. The highest BCUT2D eigenvalue weighted by Crippen LogP contribution is 2.25. The van der Waals surface area contributed by atoms with Crippen molar-refractivity contribution >= 4 is 39.0 Å². The summed E-state index contributed by atoms with van der Waals surface area (Å²) in [7, 11) is -0.622. The standard InChI is InChI=1S/C21H24N4O4S/c1-14-11-16(12-23-21(14)24-30(27,28)22-3)9-10-20(26)25(4)13-19-15(2)17-7-5-6-8-18(17)29-19/h5-12,22H,13H2,1-4H3,(H,23,24)/b10-9+. The Bertz CT molecular complexity index is 1210. The maximum absolute atomic E-state index is 12.5. The minimum absolute atomic E-state index is 0.188. The number of aromatic nitrogens is 1. The van der Waals surface area contributed by atoms with E-state index >= 15 is 0 Å². The Hall–Kier alpha value is -3.17. The third kappa shape index (κ3) is 4.87. The topological polar surface area (TPSA) is 105 Å². The normalized spacial score (nSPS) is 11.9. The fraction of sp³-hybridized carbons (Fsp3) is 0.238. The van der Waals surface area contributed by atoms with E-state index < -0.39 is 10.2 Å². The van der Waals surface area contributed by atoms with Gasteiger partial charge in [-0.05, 0) is 43.2 Å². The van der Waals surface area contributed by atoms with Crippen molar-refractivity contribution in [2.24, 2.45) is 0 Å². The van der Waals surface area contributed by atoms with Gasteiger partial charge < -0.3 is 9.32 Å². The predicted molar refractivity (Wildman–Crippen MR) is 117 cm³/mol. The lowest BCUT2D eigenvalue weighted by Gasteiger charge is -2.14. The van der Waals surface area contributed by atoms with Crippen LogP contribution in [0.4, 0.5) is 5.82 Å². The minimum Gasteiger partial charge on any atom is -0.459 e. The lowest BCUT2D eigenvalue weighted by Crippen LogP contribution is -2.27. The number of rotatable bonds is 7. The van der Waals surface area contributed by atoms with E-state index in [0.717, 1.165) is 22.3 Å². The average molecular weight is 429 g/mol. The average Bonchev–Trinajstić information content (AvgIpc) is 3.03. The summed E-state index contributed by atoms with van der Waals surface area (Å²) in [4.78, 5) is 18.2. The van der Waals surface area contributed by atoms with Gasteiger partial charge in [-0.1, -0.05) is 18.2 Å². The lowest BCUT2D eigenvalue weighted by atomic mass is 10.1. The first kappa shape index (κ1) is 21.5. The van der Waals surface area contributed by atoms with E-state index in [1.165, 1.54) is 19.3 Å². The number of pyridine rings is 1. The molecule has 0 saturated carbocycles. The molecule has 3 aromatic rings. The zero-order chi connectivity index (χ0) is 21.9. The van der Waals surface area contributed by atoms with Crippen molar-refractivity contribution in [1.29, 1.82) is 0 Å². The molecule has 0 saturated heterocycles. The number of benzene rings is 1. The first-order chi connectivity index (χ1) is 14.2. The van der Waals surface area contributed by atoms with Gasteiger partial charge in [0.1, 0.15) is 17.2 Å². The summed E-state index contributed by atoms with van der Waals surface area (Å²) in [6.45, 7) is 4.06. The van der Waals surface area contributed by atoms with Crippen LogP contribution in [-0.4, -0.2) is 38.3 Å². The number of fused-ring (bicyclic) bond motifs is 1. The molecule has 0 fully saturated rings. The Kier molecular flexibility index (Phi) is 6.23. The smallest absolute Gasteiger partial charge is 0.300 e. The molecule has 8 nitrogen and oxygen atoms in total. The number of para-hydroxylation sites is 1. The molecule has 3 rings (SSSR count). The molecule has 1 aromatic carbocycles. The van der Waals surface area contributed by atoms with Crippen LogP contribution in [0.15, 0.2) is 47.0 Å². The number of hydrogen-bond donors (Lipinski definition) is 2. The zero-order valence-electron chi connectivity index (χ0n) is 17.3. The number of aryl methyl sites for hydroxylation is 2. The minimum atomic E-state index is -3.64. The summed E-state index contributed by atoms with van der Waals surface area (Å²) < 4.78 is 33.6. The van der Waals surface area contributed by atoms with Crippen LogP contribution >= 0.6 is 0 Å². The largest absolute Gasteiger partial charge is 0.459 e. The van der Waals surface area contributed by atoms with Gasteiger partial charge in [0.2, 0.25) is 5.91 Å². The van der Waals surface area contributed by atoms with Crippen molar-refractivity contribution < 1.29 is 17.6 Å². The van der Waals surface area contributed by atoms with E-state index in [1.54, 1.807) is 31.0 Å². The van der Waals surface area contributed by atoms with E-state index in [9.17, 15) is 13.2 Å². The molecule has 30 heavy (non-hydrogen) atoms. The molecule has 0 spiro atoms. The van der Waals surface area contributed by atoms with Crippen molar-refractivity contribution in [2.45, 2.75) is 20.4 Å². The number of carbonyl (C=O) groups excluding carboxylic acids is 1. The Labute approximate surface area is 175 Å². The summed E-state index contributed by atoms with van der Waals surface area (Å²) in [6.07, 6.45) is 4.58. The van der Waals surface area contributed by atoms with Crippen LogP contribution in [0.2, 0.25) is 0 Å². The van der Waals surface area contributed by atoms with Crippen LogP contribution in [0.3, 0.4) is 0 Å². The second-order valence-electron chi connectivity index (χ2n) is 6.92. The van der Waals surface area contributed by atoms with Crippen molar-refractivity contribution in [2.75, 3.05) is 18.8 Å². The molecular formula is C21H24N4O4S. The van der Waals surface area contributed by atoms with Gasteiger partial charge in [0.15, 0.2) is 0 Å². The van der Waals surface area contributed by atoms with E-state index in [-0.39, 0.29) is 11.7 Å². The number of nitrogens with one attached hydrogen (secondary N) is 2. The summed E-state index contributed by atoms with van der Waals surface area (Å²) in [5.74, 6) is 0.789. The highest BCUT2D eigenvalue weighted by molar-refractivity contribution is 7.90. The van der Waals surface area contributed by atoms with Crippen LogP contribution in [0.25, 0.3) is 17.0 Å². The fourth-order valence-corrected chi connectivity index (χ4v) is 3.51. The first-order valence-corrected chi connectivity index (χ1v) is 10.8. The first-order valence-electron chi connectivity index (χ1n) is 9.28. The monoisotopic (exact) mass is 428 g/mol. The number of anilines is 1. The molecule has 2 heterocycles. The lowest BCUT2D eigenvalue weighted by molar-refractivity contribution is -0.125. The van der Waals surface area contributed by atoms with Crippen molar-refractivity contribution in [3.05, 3.63) is 65.1 Å². The molecule has 0 aliphatic carbocycles. The molecule has 0 aliphatic rings. The molecule has 0 unspecified atom stereocenters. The third-order valence-corrected chi connectivity index (χ3v) is 5.72. The van der Waals surface area contributed by atoms with Gasteiger partial charge in [0.25, 0.3) is 10.2 Å². The van der Waals surface area contributed by atoms with E-state index in [1.807, 2.05) is 31.2 Å². The van der Waals surface area contributed by atoms with Crippen LogP contribution in [0.1, 0.15) is 22.5 Å². The van der Waals surface area contributed by atoms with Crippen LogP contribution in [-0.2, 0) is 21.5 Å². The van der Waals surface area contributed by atoms with Gasteiger partial charge in [-0.25, -0.2) is 9.71 Å². The van der Waals surface area contributed by atoms with Gasteiger partial charge in [-0.15, -0.1) is 0 Å². The molecule has 0 radical (unpaired) electrons. The summed E-state index contributed by atoms with van der Waals surface area (Å²) >= 11 is 0. The van der Waals surface area contributed by atoms with Gasteiger partial charge in [-0.3, -0.25) is 9.52 Å². The summed E-state index contributed by atoms with van der Waals surface area (Å²) in [6, 6.07) is 9.51. The predicted octanol–water partition coefficient (Wildman–Crippen LogP) is 2.99. The van der Waals surface area contributed by atoms with E-state index in [4.69, 9.17) is 4.42 Å². The molecule has 0 atom stereocenters. The summed E-state index contributed by atoms with van der Waals surface area (Å²) in [5.41, 5.74) is 3.14. The highest BCUT2D eigenvalue weighted by atomic mass is 32.2. The van der Waals surface area contributed by atoms with E-state index in [2.05, 4.69) is 14.4 Å². The van der Waals surface area contributed by atoms with Crippen molar-refractivity contribution in [1.82, 2.24) is 14.6 Å². The molecule has 1 amide bonds. The quantitative estimate of drug-likeness (QED) is 0.563. The van der Waals surface area contributed by atoms with Gasteiger partial charge in [0, 0.05) is 37.3 Å². The highest BCUT2D eigenvalue weighted by Gasteiger charge is 2.14. The number of hydrogen-bond acceptors (Lipinski definition) is 5. The Morgan fingerprint density at radius 2 is 2.00 bits per heavy atom. The van der Waals surface area contributed by atoms with Gasteiger partial charge in [-0.2, -0.15) is 8.42 Å². The van der Waals surface area contributed by atoms with Crippen LogP contribution in [0, 0.1) is 13.8 Å². The summed E-state index contributed by atoms with van der Waals surface area (Å²) in [5, 5.41) is 1.04. The number of furan rings is 1. The number of likely N-dealkylation sites (N-methyl/N-ethyl adjacent to an activating group) is 1. The SMILES string of the molecule is CNS(=O)(=O)Nc1ncc(/C=C/C(=O)N(C)Cc2oc3ccccc3c2C)cc1C. The zero-order valence-corrected chi connectivity index (χ0v) is 18.1. The molecule has 9 heteroatoms. The maximum atomic E-state index is 12.5. The third-order valence-electron chi connectivity index (χ3n) is 4.72. The molecular weight excluding hydrogens is 404 g/mol. The van der Waals surface area contributed by atoms with Crippen LogP contribution < -0.4 is 9.44 Å². The van der Waals surface area contributed by atoms with Crippen molar-refractivity contribution in [3.8, 4) is 0 Å². The molecule has 2 aromatic heterocycles. The molecule has 2 N–H and O–H groups in total. The second-order valence-corrected chi connectivity index (χ2v) is 8.54. The maximum Gasteiger partial charge on any atom is 0.300 e. The Morgan fingerprint density at radius 1 is 1.27 bits per heavy atom. The fourth-order valence-electron chi connectivity index (χ4n) is 2.94. The van der Waals surface area contributed by atoms with Gasteiger partial charge >= 0.3 is 0 Å². The second kappa shape index (κ2) is 8.68. The van der Waals surface area contributed by atoms with Crippen molar-refractivity contribution in [3.63, 3.8) is 0 Å². The molecule has 0 aliphatic heterocycles. The van der Waals surface area contributed by atoms with Gasteiger partial charge in [0.05, 0.1) is 6.54 Å². The molecule has 158 valence electrons. The Morgan fingerprint density at radius 3 is 2.67 bits per heavy atom. The molecule has 0 bridgehead atoms. The Balaban J connectivity index is 1.68. The number of carbonyl (C=O) groups is 1.